The predicted molar refractivity (Wildman–Crippen MR) is 75.9 cm³/mol. The fourth-order valence-corrected chi connectivity index (χ4v) is 3.58. The molecule has 2 aliphatic rings. The first-order valence-electron chi connectivity index (χ1n) is 7.76. The zero-order valence-electron chi connectivity index (χ0n) is 12.3. The molecule has 0 amide bonds. The molecule has 0 aromatic carbocycles. The Hall–Kier alpha value is -0.120. The molecule has 2 fully saturated rings. The quantitative estimate of drug-likeness (QED) is 0.837. The summed E-state index contributed by atoms with van der Waals surface area (Å²) in [6.45, 7) is 7.09. The first-order chi connectivity index (χ1) is 8.74. The van der Waals surface area contributed by atoms with Gasteiger partial charge in [0.25, 0.3) is 0 Å². The molecule has 0 aromatic rings. The zero-order chi connectivity index (χ0) is 13.0. The van der Waals surface area contributed by atoms with Gasteiger partial charge in [0.2, 0.25) is 0 Å². The number of ether oxygens (including phenoxy) is 1. The van der Waals surface area contributed by atoms with Gasteiger partial charge in [-0.2, -0.15) is 0 Å². The summed E-state index contributed by atoms with van der Waals surface area (Å²) in [7, 11) is 1.87. The maximum atomic E-state index is 5.59. The molecule has 1 saturated carbocycles. The maximum Gasteiger partial charge on any atom is 0.0586 e. The lowest BCUT2D eigenvalue weighted by Crippen LogP contribution is -2.48. The monoisotopic (exact) mass is 254 g/mol. The summed E-state index contributed by atoms with van der Waals surface area (Å²) < 4.78 is 5.59. The summed E-state index contributed by atoms with van der Waals surface area (Å²) in [6.07, 6.45) is 8.19. The molecular formula is C15H30N2O. The number of nitrogens with zero attached hydrogens (tertiary/aromatic N) is 1. The topological polar surface area (TPSA) is 24.5 Å². The highest BCUT2D eigenvalue weighted by atomic mass is 16.5. The fraction of sp³-hybridized carbons (Fsp3) is 1.00. The Kier molecular flexibility index (Phi) is 5.46. The summed E-state index contributed by atoms with van der Waals surface area (Å²) in [4.78, 5) is 2.76. The van der Waals surface area contributed by atoms with Crippen molar-refractivity contribution in [3.05, 3.63) is 0 Å². The average molecular weight is 254 g/mol. The molecule has 0 bridgehead atoms. The van der Waals surface area contributed by atoms with Gasteiger partial charge in [-0.1, -0.05) is 6.92 Å². The summed E-state index contributed by atoms with van der Waals surface area (Å²) >= 11 is 0. The van der Waals surface area contributed by atoms with Crippen LogP contribution < -0.4 is 5.32 Å². The molecule has 18 heavy (non-hydrogen) atoms. The van der Waals surface area contributed by atoms with Crippen molar-refractivity contribution in [2.45, 2.75) is 76.6 Å². The summed E-state index contributed by atoms with van der Waals surface area (Å²) in [5.74, 6) is 0. The predicted octanol–water partition coefficient (Wildman–Crippen LogP) is 2.41. The minimum atomic E-state index is 0.493. The molecule has 3 heteroatoms. The molecule has 1 aliphatic carbocycles. The van der Waals surface area contributed by atoms with Crippen LogP contribution in [0.4, 0.5) is 0 Å². The van der Waals surface area contributed by atoms with E-state index in [1.54, 1.807) is 0 Å². The van der Waals surface area contributed by atoms with Crippen molar-refractivity contribution in [2.75, 3.05) is 20.2 Å². The van der Waals surface area contributed by atoms with Gasteiger partial charge < -0.3 is 10.1 Å². The van der Waals surface area contributed by atoms with Crippen LogP contribution in [0, 0.1) is 0 Å². The molecule has 106 valence electrons. The van der Waals surface area contributed by atoms with E-state index in [0.29, 0.717) is 12.1 Å². The van der Waals surface area contributed by atoms with Gasteiger partial charge in [-0.05, 0) is 52.0 Å². The van der Waals surface area contributed by atoms with Crippen molar-refractivity contribution in [3.8, 4) is 0 Å². The molecule has 3 nitrogen and oxygen atoms in total. The van der Waals surface area contributed by atoms with E-state index in [4.69, 9.17) is 4.74 Å². The van der Waals surface area contributed by atoms with Crippen LogP contribution in [-0.2, 0) is 4.74 Å². The number of hydrogen-bond acceptors (Lipinski definition) is 3. The van der Waals surface area contributed by atoms with E-state index in [2.05, 4.69) is 24.1 Å². The van der Waals surface area contributed by atoms with Gasteiger partial charge in [0, 0.05) is 31.8 Å². The van der Waals surface area contributed by atoms with E-state index in [-0.39, 0.29) is 0 Å². The molecule has 1 saturated heterocycles. The minimum absolute atomic E-state index is 0.493. The van der Waals surface area contributed by atoms with Gasteiger partial charge in [0.1, 0.15) is 0 Å². The SMILES string of the molecule is CCC1CN(C2CCCC(OC)C2)C(C)CCN1. The zero-order valence-corrected chi connectivity index (χ0v) is 12.3. The summed E-state index contributed by atoms with van der Waals surface area (Å²) in [5.41, 5.74) is 0. The number of nitrogens with one attached hydrogen (secondary N) is 1. The van der Waals surface area contributed by atoms with Gasteiger partial charge in [0.15, 0.2) is 0 Å². The van der Waals surface area contributed by atoms with Crippen molar-refractivity contribution in [3.63, 3.8) is 0 Å². The third-order valence-electron chi connectivity index (χ3n) is 4.89. The molecular weight excluding hydrogens is 224 g/mol. The van der Waals surface area contributed by atoms with E-state index in [0.717, 1.165) is 12.1 Å². The molecule has 2 rings (SSSR count). The smallest absolute Gasteiger partial charge is 0.0586 e. The molecule has 1 heterocycles. The number of methoxy groups -OCH3 is 1. The normalized spacial score (nSPS) is 39.5. The molecule has 4 atom stereocenters. The largest absolute Gasteiger partial charge is 0.381 e. The van der Waals surface area contributed by atoms with Crippen molar-refractivity contribution < 1.29 is 4.74 Å². The van der Waals surface area contributed by atoms with Gasteiger partial charge in [-0.3, -0.25) is 4.90 Å². The minimum Gasteiger partial charge on any atom is -0.381 e. The first-order valence-corrected chi connectivity index (χ1v) is 7.76. The van der Waals surface area contributed by atoms with Crippen LogP contribution in [0.1, 0.15) is 52.4 Å². The van der Waals surface area contributed by atoms with E-state index < -0.39 is 0 Å². The Balaban J connectivity index is 1.98. The van der Waals surface area contributed by atoms with Gasteiger partial charge in [0.05, 0.1) is 6.10 Å². The van der Waals surface area contributed by atoms with Gasteiger partial charge in [-0.25, -0.2) is 0 Å². The van der Waals surface area contributed by atoms with Gasteiger partial charge in [-0.15, -0.1) is 0 Å². The van der Waals surface area contributed by atoms with E-state index in [1.807, 2.05) is 7.11 Å². The number of hydrogen-bond donors (Lipinski definition) is 1. The second-order valence-corrected chi connectivity index (χ2v) is 6.07. The standard InChI is InChI=1S/C15H30N2O/c1-4-13-11-17(12(2)8-9-16-13)14-6-5-7-15(10-14)18-3/h12-16H,4-11H2,1-3H3. The Morgan fingerprint density at radius 3 is 2.83 bits per heavy atom. The third-order valence-corrected chi connectivity index (χ3v) is 4.89. The molecule has 1 N–H and O–H groups in total. The van der Waals surface area contributed by atoms with Crippen LogP contribution in [0.15, 0.2) is 0 Å². The first kappa shape index (κ1) is 14.3. The van der Waals surface area contributed by atoms with Crippen LogP contribution in [0.25, 0.3) is 0 Å². The maximum absolute atomic E-state index is 5.59. The Bertz CT molecular complexity index is 247. The van der Waals surface area contributed by atoms with E-state index in [1.165, 1.54) is 51.6 Å². The second kappa shape index (κ2) is 6.88. The van der Waals surface area contributed by atoms with Crippen molar-refractivity contribution in [1.29, 1.82) is 0 Å². The van der Waals surface area contributed by atoms with E-state index >= 15 is 0 Å². The van der Waals surface area contributed by atoms with Crippen molar-refractivity contribution in [1.82, 2.24) is 10.2 Å². The lowest BCUT2D eigenvalue weighted by atomic mass is 9.90. The highest BCUT2D eigenvalue weighted by Crippen LogP contribution is 2.28. The van der Waals surface area contributed by atoms with Crippen LogP contribution in [-0.4, -0.2) is 49.3 Å². The number of rotatable bonds is 3. The average Bonchev–Trinajstić information content (AvgIpc) is 2.60. The third kappa shape index (κ3) is 3.46. The highest BCUT2D eigenvalue weighted by Gasteiger charge is 2.31. The van der Waals surface area contributed by atoms with E-state index in [9.17, 15) is 0 Å². The molecule has 4 unspecified atom stereocenters. The van der Waals surface area contributed by atoms with Crippen LogP contribution in [0.3, 0.4) is 0 Å². The van der Waals surface area contributed by atoms with Crippen LogP contribution in [0.5, 0.6) is 0 Å². The Morgan fingerprint density at radius 1 is 1.28 bits per heavy atom. The second-order valence-electron chi connectivity index (χ2n) is 6.07. The summed E-state index contributed by atoms with van der Waals surface area (Å²) in [5, 5.41) is 3.68. The summed E-state index contributed by atoms with van der Waals surface area (Å²) in [6, 6.07) is 2.14. The lowest BCUT2D eigenvalue weighted by molar-refractivity contribution is 0.0158. The Morgan fingerprint density at radius 2 is 2.11 bits per heavy atom. The van der Waals surface area contributed by atoms with Gasteiger partial charge >= 0.3 is 0 Å². The Labute approximate surface area is 112 Å². The molecule has 0 spiro atoms. The van der Waals surface area contributed by atoms with Crippen molar-refractivity contribution >= 4 is 0 Å². The highest BCUT2D eigenvalue weighted by molar-refractivity contribution is 4.88. The van der Waals surface area contributed by atoms with Crippen molar-refractivity contribution in [2.24, 2.45) is 0 Å². The fourth-order valence-electron chi connectivity index (χ4n) is 3.58. The van der Waals surface area contributed by atoms with Crippen LogP contribution in [0.2, 0.25) is 0 Å². The molecule has 0 aromatic heterocycles. The molecule has 0 radical (unpaired) electrons. The van der Waals surface area contributed by atoms with Crippen LogP contribution >= 0.6 is 0 Å². The lowest BCUT2D eigenvalue weighted by Gasteiger charge is -2.40. The molecule has 1 aliphatic heterocycles.